The summed E-state index contributed by atoms with van der Waals surface area (Å²) in [5.41, 5.74) is 0.604. The van der Waals surface area contributed by atoms with Crippen LogP contribution >= 0.6 is 11.6 Å². The molecule has 0 saturated heterocycles. The second-order valence-electron chi connectivity index (χ2n) is 5.26. The number of hydrogen-bond acceptors (Lipinski definition) is 3. The first-order chi connectivity index (χ1) is 10.6. The molecule has 0 saturated carbocycles. The van der Waals surface area contributed by atoms with Crippen molar-refractivity contribution in [3.8, 4) is 5.75 Å². The summed E-state index contributed by atoms with van der Waals surface area (Å²) in [6.07, 6.45) is 5.44. The van der Waals surface area contributed by atoms with Gasteiger partial charge in [-0.15, -0.1) is 0 Å². The molecule has 0 bridgehead atoms. The Morgan fingerprint density at radius 1 is 1.45 bits per heavy atom. The molecule has 0 spiro atoms. The van der Waals surface area contributed by atoms with E-state index >= 15 is 0 Å². The standard InChI is InChI=1S/C16H21ClN2O3/c1-2-7-22-15-6-5-13(9-14(15)17)19-16(21)18-12-4-3-11(8-12)10-20/h3-6,9,11-12,20H,2,7-8,10H2,1H3,(H2,18,19,21)/t11-,12+/m0/s1. The van der Waals surface area contributed by atoms with Gasteiger partial charge in [-0.2, -0.15) is 0 Å². The molecule has 1 aliphatic rings. The van der Waals surface area contributed by atoms with Gasteiger partial charge in [0.15, 0.2) is 0 Å². The third-order valence-corrected chi connectivity index (χ3v) is 3.67. The van der Waals surface area contributed by atoms with E-state index in [1.807, 2.05) is 19.1 Å². The average Bonchev–Trinajstić information content (AvgIpc) is 2.94. The highest BCUT2D eigenvalue weighted by molar-refractivity contribution is 6.32. The van der Waals surface area contributed by atoms with E-state index in [1.165, 1.54) is 0 Å². The van der Waals surface area contributed by atoms with Crippen molar-refractivity contribution < 1.29 is 14.6 Å². The van der Waals surface area contributed by atoms with Gasteiger partial charge in [0.05, 0.1) is 11.6 Å². The maximum atomic E-state index is 11.9. The van der Waals surface area contributed by atoms with Crippen LogP contribution in [0.2, 0.25) is 5.02 Å². The van der Waals surface area contributed by atoms with Crippen molar-refractivity contribution in [3.05, 3.63) is 35.4 Å². The number of halogens is 1. The van der Waals surface area contributed by atoms with Gasteiger partial charge >= 0.3 is 6.03 Å². The molecule has 0 fully saturated rings. The Morgan fingerprint density at radius 2 is 2.27 bits per heavy atom. The zero-order valence-electron chi connectivity index (χ0n) is 12.5. The van der Waals surface area contributed by atoms with Gasteiger partial charge in [-0.3, -0.25) is 0 Å². The van der Waals surface area contributed by atoms with Crippen molar-refractivity contribution in [1.29, 1.82) is 0 Å². The summed E-state index contributed by atoms with van der Waals surface area (Å²) in [5, 5.41) is 15.1. The van der Waals surface area contributed by atoms with Gasteiger partial charge in [0.25, 0.3) is 0 Å². The number of aliphatic hydroxyl groups excluding tert-OH is 1. The van der Waals surface area contributed by atoms with Crippen LogP contribution in [0.15, 0.2) is 30.4 Å². The average molecular weight is 325 g/mol. The second-order valence-corrected chi connectivity index (χ2v) is 5.67. The molecule has 0 unspecified atom stereocenters. The van der Waals surface area contributed by atoms with E-state index in [0.717, 1.165) is 6.42 Å². The number of carbonyl (C=O) groups excluding carboxylic acids is 1. The fourth-order valence-corrected chi connectivity index (χ4v) is 2.50. The molecule has 6 heteroatoms. The van der Waals surface area contributed by atoms with E-state index < -0.39 is 0 Å². The first-order valence-electron chi connectivity index (χ1n) is 7.41. The summed E-state index contributed by atoms with van der Waals surface area (Å²) in [4.78, 5) is 11.9. The quantitative estimate of drug-likeness (QED) is 0.704. The van der Waals surface area contributed by atoms with Crippen molar-refractivity contribution in [3.63, 3.8) is 0 Å². The Morgan fingerprint density at radius 3 is 2.91 bits per heavy atom. The number of amides is 2. The number of benzene rings is 1. The fourth-order valence-electron chi connectivity index (χ4n) is 2.26. The maximum Gasteiger partial charge on any atom is 0.319 e. The van der Waals surface area contributed by atoms with Crippen LogP contribution < -0.4 is 15.4 Å². The van der Waals surface area contributed by atoms with Gasteiger partial charge in [0, 0.05) is 24.3 Å². The molecule has 22 heavy (non-hydrogen) atoms. The van der Waals surface area contributed by atoms with Crippen LogP contribution in [0.5, 0.6) is 5.75 Å². The summed E-state index contributed by atoms with van der Waals surface area (Å²) >= 11 is 6.12. The monoisotopic (exact) mass is 324 g/mol. The Kier molecular flexibility index (Phi) is 6.10. The number of hydrogen-bond donors (Lipinski definition) is 3. The zero-order valence-corrected chi connectivity index (χ0v) is 13.3. The Bertz CT molecular complexity index is 548. The van der Waals surface area contributed by atoms with Gasteiger partial charge in [-0.25, -0.2) is 4.79 Å². The topological polar surface area (TPSA) is 70.6 Å². The Labute approximate surface area is 135 Å². The van der Waals surface area contributed by atoms with Crippen molar-refractivity contribution in [1.82, 2.24) is 5.32 Å². The van der Waals surface area contributed by atoms with Crippen LogP contribution in [0, 0.1) is 5.92 Å². The molecule has 0 aliphatic heterocycles. The van der Waals surface area contributed by atoms with Crippen LogP contribution in [0.1, 0.15) is 19.8 Å². The Balaban J connectivity index is 1.86. The van der Waals surface area contributed by atoms with E-state index in [0.29, 0.717) is 29.5 Å². The lowest BCUT2D eigenvalue weighted by molar-refractivity contribution is 0.238. The van der Waals surface area contributed by atoms with Gasteiger partial charge in [0.2, 0.25) is 0 Å². The van der Waals surface area contributed by atoms with E-state index in [4.69, 9.17) is 21.4 Å². The van der Waals surface area contributed by atoms with Gasteiger partial charge < -0.3 is 20.5 Å². The lowest BCUT2D eigenvalue weighted by Crippen LogP contribution is -2.36. The van der Waals surface area contributed by atoms with Crippen LogP contribution in [0.4, 0.5) is 10.5 Å². The number of nitrogens with one attached hydrogen (secondary N) is 2. The zero-order chi connectivity index (χ0) is 15.9. The number of urea groups is 1. The van der Waals surface area contributed by atoms with Crippen molar-refractivity contribution in [2.75, 3.05) is 18.5 Å². The maximum absolute atomic E-state index is 11.9. The summed E-state index contributed by atoms with van der Waals surface area (Å²) in [7, 11) is 0. The molecular formula is C16H21ClN2O3. The lowest BCUT2D eigenvalue weighted by Gasteiger charge is -2.14. The van der Waals surface area contributed by atoms with E-state index in [2.05, 4.69) is 10.6 Å². The van der Waals surface area contributed by atoms with E-state index in [9.17, 15) is 4.79 Å². The van der Waals surface area contributed by atoms with Gasteiger partial charge in [0.1, 0.15) is 5.75 Å². The number of rotatable bonds is 6. The molecule has 1 aliphatic carbocycles. The van der Waals surface area contributed by atoms with Gasteiger partial charge in [-0.05, 0) is 31.0 Å². The molecule has 0 heterocycles. The SMILES string of the molecule is CCCOc1ccc(NC(=O)N[C@@H]2C=C[C@H](CO)C2)cc1Cl. The van der Waals surface area contributed by atoms with Crippen molar-refractivity contribution in [2.45, 2.75) is 25.8 Å². The van der Waals surface area contributed by atoms with E-state index in [1.54, 1.807) is 18.2 Å². The number of anilines is 1. The summed E-state index contributed by atoms with van der Waals surface area (Å²) in [6.45, 7) is 2.73. The molecule has 5 nitrogen and oxygen atoms in total. The largest absolute Gasteiger partial charge is 0.492 e. The van der Waals surface area contributed by atoms with Crippen LogP contribution in [0.25, 0.3) is 0 Å². The number of carbonyl (C=O) groups is 1. The first-order valence-corrected chi connectivity index (χ1v) is 7.79. The van der Waals surface area contributed by atoms with Crippen molar-refractivity contribution >= 4 is 23.3 Å². The highest BCUT2D eigenvalue weighted by Gasteiger charge is 2.19. The minimum absolute atomic E-state index is 0.0558. The summed E-state index contributed by atoms with van der Waals surface area (Å²) < 4.78 is 5.48. The van der Waals surface area contributed by atoms with Crippen LogP contribution in [-0.4, -0.2) is 30.4 Å². The highest BCUT2D eigenvalue weighted by Crippen LogP contribution is 2.27. The molecular weight excluding hydrogens is 304 g/mol. The molecule has 2 rings (SSSR count). The van der Waals surface area contributed by atoms with Crippen molar-refractivity contribution in [2.24, 2.45) is 5.92 Å². The number of ether oxygens (including phenoxy) is 1. The third kappa shape index (κ3) is 4.64. The molecule has 2 amide bonds. The molecule has 120 valence electrons. The van der Waals surface area contributed by atoms with E-state index in [-0.39, 0.29) is 24.6 Å². The summed E-state index contributed by atoms with van der Waals surface area (Å²) in [6, 6.07) is 4.79. The third-order valence-electron chi connectivity index (χ3n) is 3.37. The predicted molar refractivity (Wildman–Crippen MR) is 87.5 cm³/mol. The molecule has 3 N–H and O–H groups in total. The fraction of sp³-hybridized carbons (Fsp3) is 0.438. The lowest BCUT2D eigenvalue weighted by atomic mass is 10.1. The number of aliphatic hydroxyl groups is 1. The summed E-state index contributed by atoms with van der Waals surface area (Å²) in [5.74, 6) is 0.730. The molecule has 0 aromatic heterocycles. The molecule has 2 atom stereocenters. The Hall–Kier alpha value is -1.72. The van der Waals surface area contributed by atoms with Gasteiger partial charge in [-0.1, -0.05) is 30.7 Å². The highest BCUT2D eigenvalue weighted by atomic mass is 35.5. The molecule has 1 aromatic rings. The van der Waals surface area contributed by atoms with Crippen LogP contribution in [-0.2, 0) is 0 Å². The predicted octanol–water partition coefficient (Wildman–Crippen LogP) is 3.19. The van der Waals surface area contributed by atoms with Crippen LogP contribution in [0.3, 0.4) is 0 Å². The molecule has 0 radical (unpaired) electrons. The first kappa shape index (κ1) is 16.6. The molecule has 1 aromatic carbocycles. The minimum Gasteiger partial charge on any atom is -0.492 e. The minimum atomic E-state index is -0.300. The smallest absolute Gasteiger partial charge is 0.319 e. The normalized spacial score (nSPS) is 20.0. The second kappa shape index (κ2) is 8.06.